The van der Waals surface area contributed by atoms with Gasteiger partial charge in [-0.3, -0.25) is 57.6 Å². The van der Waals surface area contributed by atoms with Crippen molar-refractivity contribution in [1.82, 2.24) is 15.6 Å². The highest BCUT2D eigenvalue weighted by molar-refractivity contribution is 7.47. The summed E-state index contributed by atoms with van der Waals surface area (Å²) >= 11 is 12.5. The van der Waals surface area contributed by atoms with Gasteiger partial charge < -0.3 is 64.9 Å². The molecular weight excluding hydrogens is 1230 g/mol. The van der Waals surface area contributed by atoms with E-state index in [1.807, 2.05) is 61.5 Å². The Morgan fingerprint density at radius 3 is 2.01 bits per heavy atom. The van der Waals surface area contributed by atoms with Crippen molar-refractivity contribution >= 4 is 101 Å². The minimum atomic E-state index is -5.10. The van der Waals surface area contributed by atoms with Crippen molar-refractivity contribution in [3.63, 3.8) is 0 Å². The zero-order chi connectivity index (χ0) is 66.7. The monoisotopic (exact) mass is 1310 g/mol. The van der Waals surface area contributed by atoms with E-state index in [0.717, 1.165) is 0 Å². The molecule has 1 aromatic carbocycles. The molecule has 2 saturated heterocycles. The van der Waals surface area contributed by atoms with Crippen molar-refractivity contribution in [2.45, 2.75) is 175 Å². The Labute approximate surface area is 531 Å². The van der Waals surface area contributed by atoms with E-state index < -0.39 is 143 Å². The van der Waals surface area contributed by atoms with Gasteiger partial charge in [0.25, 0.3) is 0 Å². The van der Waals surface area contributed by atoms with Gasteiger partial charge in [0, 0.05) is 143 Å². The van der Waals surface area contributed by atoms with Crippen LogP contribution in [0.4, 0.5) is 0 Å². The highest BCUT2D eigenvalue weighted by Crippen LogP contribution is 2.63. The Balaban J connectivity index is 1.19. The molecule has 0 saturated carbocycles. The van der Waals surface area contributed by atoms with Crippen molar-refractivity contribution in [3.8, 4) is 0 Å². The molecule has 27 nitrogen and oxygen atoms in total. The van der Waals surface area contributed by atoms with E-state index in [9.17, 15) is 53.2 Å². The summed E-state index contributed by atoms with van der Waals surface area (Å²) in [6.45, 7) is 15.3. The van der Waals surface area contributed by atoms with E-state index >= 15 is 0 Å². The number of carbonyl (C=O) groups is 7. The molecule has 2 fully saturated rings. The van der Waals surface area contributed by atoms with Crippen LogP contribution in [0.25, 0.3) is 11.0 Å². The van der Waals surface area contributed by atoms with E-state index in [0.29, 0.717) is 56.4 Å². The molecule has 6 aliphatic heterocycles. The molecule has 15 unspecified atom stereocenters. The molecule has 7 heterocycles. The van der Waals surface area contributed by atoms with Gasteiger partial charge >= 0.3 is 7.82 Å². The van der Waals surface area contributed by atoms with Crippen molar-refractivity contribution < 1.29 is 71.6 Å². The number of aromatic amines is 1. The van der Waals surface area contributed by atoms with Gasteiger partial charge in [-0.25, -0.2) is 9.55 Å². The fourth-order valence-electron chi connectivity index (χ4n) is 15.2. The molecule has 0 aliphatic carbocycles. The number of halogens is 2. The number of primary amides is 6. The highest BCUT2D eigenvalue weighted by atomic mass is 35.5. The second-order valence-electron chi connectivity index (χ2n) is 26.5. The number of aliphatic hydroxyl groups is 2. The lowest BCUT2D eigenvalue weighted by Gasteiger charge is -2.48. The third-order valence-electron chi connectivity index (χ3n) is 20.1. The summed E-state index contributed by atoms with van der Waals surface area (Å²) in [7, 11) is -5.10. The largest absolute Gasteiger partial charge is 0.472 e. The number of carbonyl (C=O) groups excluding carboxylic acids is 7. The van der Waals surface area contributed by atoms with Gasteiger partial charge in [0.05, 0.1) is 34.3 Å². The molecule has 8 bridgehead atoms. The van der Waals surface area contributed by atoms with Gasteiger partial charge in [-0.15, -0.1) is 0 Å². The SMILES string of the molecule is C/C1=C2N=C(/C=C3\N/C(=C(/C)C4=NC(C)(C5N=C1C(C)(CCC(=O)NCC(C)OP(=O)(O)OC1C(CO)OC([n+]6c[nH]c7cc(Cl)c(Cl)cc76)C1O)C5CC(N)=O)C(C)(CC(N)=O)C4CCC(N)=O)C(C)(CC(N)=O)C3CCC(N)=O)C(C)(C)C/2CCC(N)=O. The molecule has 18 N–H and O–H groups in total. The van der Waals surface area contributed by atoms with Crippen LogP contribution < -0.4 is 49.6 Å². The van der Waals surface area contributed by atoms with Crippen LogP contribution in [0.3, 0.4) is 0 Å². The standard InChI is InChI=1S/C60H84Cl2N13O14P/c1-27(88-90(85,86)89-51-39(25-76)87-55(50(51)84)75-26-70-37-19-34(61)35(62)20-38(37)75)24-69-47(83)16-17-57(6)33(18-44(66)80)54-60(9)59(8,23-46(68)82)32(12-15-43(65)79)49(74-60)29(3)53-58(7,22-45(67)81)30(10-13-41(63)77)36(71-53)21-40-56(4,5)31(11-14-42(64)78)48(72-40)28(2)52(57)73-54/h19-21,26-27,30-33,39,50-51,54-55,76,84H,10-18,22-25H2,1-9H3,(H15,63,64,65,66,67,68,69,71,72,73,74,77,78,79,80,81,82,83,85,86)/p+1. The van der Waals surface area contributed by atoms with Crippen molar-refractivity contribution in [2.24, 2.45) is 94.7 Å². The topological polar surface area (TPSA) is 462 Å². The average molecular weight is 1310 g/mol. The summed E-state index contributed by atoms with van der Waals surface area (Å²) in [5, 5.41) is 28.6. The van der Waals surface area contributed by atoms with Gasteiger partial charge in [-0.05, 0) is 70.6 Å². The number of hydrogen-bond acceptors (Lipinski definition) is 17. The Bertz CT molecular complexity index is 3550. The van der Waals surface area contributed by atoms with Gasteiger partial charge in [0.2, 0.25) is 53.9 Å². The van der Waals surface area contributed by atoms with Crippen LogP contribution >= 0.6 is 31.0 Å². The highest BCUT2D eigenvalue weighted by Gasteiger charge is 2.66. The number of benzene rings is 1. The van der Waals surface area contributed by atoms with Crippen LogP contribution in [0.5, 0.6) is 0 Å². The summed E-state index contributed by atoms with van der Waals surface area (Å²) < 4.78 is 32.0. The number of aromatic nitrogens is 2. The maximum atomic E-state index is 14.4. The second-order valence-corrected chi connectivity index (χ2v) is 28.6. The van der Waals surface area contributed by atoms with Crippen molar-refractivity contribution in [1.29, 1.82) is 0 Å². The Hall–Kier alpha value is -6.42. The summed E-state index contributed by atoms with van der Waals surface area (Å²) in [6.07, 6.45) is -4.57. The molecule has 7 amide bonds. The van der Waals surface area contributed by atoms with Gasteiger partial charge in [0.1, 0.15) is 18.3 Å². The quantitative estimate of drug-likeness (QED) is 0.0475. The molecule has 90 heavy (non-hydrogen) atoms. The maximum Gasteiger partial charge on any atom is 0.472 e. The van der Waals surface area contributed by atoms with Crippen LogP contribution in [0.15, 0.2) is 67.8 Å². The van der Waals surface area contributed by atoms with Crippen LogP contribution in [0.2, 0.25) is 10.0 Å². The van der Waals surface area contributed by atoms with E-state index in [2.05, 4.69) is 15.6 Å². The maximum absolute atomic E-state index is 14.4. The fourth-order valence-corrected chi connectivity index (χ4v) is 16.7. The van der Waals surface area contributed by atoms with E-state index in [4.69, 9.17) is 86.4 Å². The fraction of sp³-hybridized carbons (Fsp3) is 0.617. The molecule has 1 aromatic heterocycles. The number of fused-ring (bicyclic) bond motifs is 7. The predicted molar refractivity (Wildman–Crippen MR) is 333 cm³/mol. The minimum Gasteiger partial charge on any atom is -0.394 e. The number of phosphoric acid groups is 1. The molecule has 30 heteroatoms. The zero-order valence-electron chi connectivity index (χ0n) is 52.1. The average Bonchev–Trinajstić information content (AvgIpc) is 1.53. The number of rotatable bonds is 26. The van der Waals surface area contributed by atoms with E-state index in [-0.39, 0.29) is 87.2 Å². The number of imidazole rings is 1. The molecule has 0 radical (unpaired) electrons. The van der Waals surface area contributed by atoms with Crippen LogP contribution in [-0.2, 0) is 51.9 Å². The first kappa shape index (κ1) is 69.5. The predicted octanol–water partition coefficient (Wildman–Crippen LogP) is 3.27. The Morgan fingerprint density at radius 1 is 0.822 bits per heavy atom. The number of phosphoric ester groups is 1. The lowest BCUT2D eigenvalue weighted by Crippen LogP contribution is -2.56. The van der Waals surface area contributed by atoms with Crippen LogP contribution in [-0.4, -0.2) is 128 Å². The van der Waals surface area contributed by atoms with E-state index in [1.165, 1.54) is 23.9 Å². The molecular formula is C60H85Cl2N13O14P+. The zero-order valence-corrected chi connectivity index (χ0v) is 54.5. The summed E-state index contributed by atoms with van der Waals surface area (Å²) in [4.78, 5) is 124. The first-order chi connectivity index (χ1) is 41.8. The Morgan fingerprint density at radius 2 is 1.42 bits per heavy atom. The second kappa shape index (κ2) is 25.9. The van der Waals surface area contributed by atoms with Gasteiger partial charge in [-0.1, -0.05) is 57.8 Å². The number of allylic oxidation sites excluding steroid dienone is 6. The minimum absolute atomic E-state index is 0.0230. The number of ether oxygens (including phenoxy) is 1. The van der Waals surface area contributed by atoms with Crippen LogP contribution in [0, 0.1) is 45.3 Å². The van der Waals surface area contributed by atoms with Crippen molar-refractivity contribution in [3.05, 3.63) is 62.8 Å². The first-order valence-electron chi connectivity index (χ1n) is 30.0. The van der Waals surface area contributed by atoms with Gasteiger partial charge in [0.15, 0.2) is 11.0 Å². The summed E-state index contributed by atoms with van der Waals surface area (Å²) in [5.41, 5.74) is 35.0. The molecule has 2 aromatic rings. The number of nitrogens with one attached hydrogen (secondary N) is 3. The number of nitrogens with zero attached hydrogens (tertiary/aromatic N) is 4. The number of H-pyrrole nitrogens is 1. The molecule has 0 spiro atoms. The molecule has 492 valence electrons. The van der Waals surface area contributed by atoms with E-state index in [1.54, 1.807) is 6.07 Å². The molecule has 8 rings (SSSR count). The smallest absolute Gasteiger partial charge is 0.394 e. The van der Waals surface area contributed by atoms with Crippen LogP contribution in [0.1, 0.15) is 139 Å². The van der Waals surface area contributed by atoms with Crippen molar-refractivity contribution in [2.75, 3.05) is 13.2 Å². The number of hydrogen-bond donors (Lipinski definition) is 12. The number of nitrogens with two attached hydrogens (primary N) is 6. The Kier molecular flexibility index (Phi) is 20.0. The number of aliphatic hydroxyl groups excluding tert-OH is 2. The normalized spacial score (nSPS) is 34.2. The third kappa shape index (κ3) is 13.2. The molecule has 6 aliphatic rings. The number of amides is 7. The lowest BCUT2D eigenvalue weighted by atomic mass is 9.55. The molecule has 15 atom stereocenters. The summed E-state index contributed by atoms with van der Waals surface area (Å²) in [5.74, 6) is -7.26. The summed E-state index contributed by atoms with van der Waals surface area (Å²) in [6, 6.07) is 2.04. The third-order valence-corrected chi connectivity index (χ3v) is 21.9. The lowest BCUT2D eigenvalue weighted by molar-refractivity contribution is -0.743. The van der Waals surface area contributed by atoms with Gasteiger partial charge in [-0.2, -0.15) is 4.57 Å². The number of aliphatic imine (C=N–C) groups is 3. The first-order valence-corrected chi connectivity index (χ1v) is 32.3.